The van der Waals surface area contributed by atoms with Crippen molar-refractivity contribution in [2.75, 3.05) is 93.6 Å². The van der Waals surface area contributed by atoms with E-state index in [-0.39, 0.29) is 75.9 Å². The summed E-state index contributed by atoms with van der Waals surface area (Å²) >= 11 is 1.61. The lowest BCUT2D eigenvalue weighted by molar-refractivity contribution is -0.131. The number of benzene rings is 4. The number of aromatic nitrogens is 23. The van der Waals surface area contributed by atoms with Gasteiger partial charge in [-0.15, -0.1) is 0 Å². The molecule has 0 radical (unpaired) electrons. The van der Waals surface area contributed by atoms with Crippen LogP contribution in [0.1, 0.15) is 156 Å². The minimum Gasteiger partial charge on any atom is -0.368 e. The van der Waals surface area contributed by atoms with Gasteiger partial charge in [-0.1, -0.05) is 155 Å². The van der Waals surface area contributed by atoms with Crippen molar-refractivity contribution in [1.82, 2.24) is 135 Å². The lowest BCUT2D eigenvalue weighted by Crippen LogP contribution is -2.43. The van der Waals surface area contributed by atoms with Gasteiger partial charge < -0.3 is 71.7 Å². The summed E-state index contributed by atoms with van der Waals surface area (Å²) in [4.78, 5) is 96.8. The van der Waals surface area contributed by atoms with Gasteiger partial charge in [0.15, 0.2) is 28.4 Å². The third-order valence-electron chi connectivity index (χ3n) is 26.2. The van der Waals surface area contributed by atoms with Crippen molar-refractivity contribution in [3.63, 3.8) is 0 Å². The van der Waals surface area contributed by atoms with Gasteiger partial charge in [-0.3, -0.25) is 19.0 Å². The van der Waals surface area contributed by atoms with Crippen molar-refractivity contribution in [3.05, 3.63) is 236 Å². The second-order valence-corrected chi connectivity index (χ2v) is 37.7. The molecule has 0 spiro atoms. The summed E-state index contributed by atoms with van der Waals surface area (Å²) in [5, 5.41) is 36.6. The Kier molecular flexibility index (Phi) is 25.7. The van der Waals surface area contributed by atoms with Crippen molar-refractivity contribution in [2.45, 2.75) is 157 Å². The van der Waals surface area contributed by atoms with Crippen molar-refractivity contribution < 1.29 is 27.7 Å². The van der Waals surface area contributed by atoms with Crippen LogP contribution in [0.5, 0.6) is 0 Å². The van der Waals surface area contributed by atoms with Gasteiger partial charge in [-0.2, -0.15) is 30.1 Å². The lowest BCUT2D eigenvalue weighted by atomic mass is 9.64. The van der Waals surface area contributed by atoms with E-state index in [0.29, 0.717) is 69.7 Å². The molecule has 137 heavy (non-hydrogen) atoms. The van der Waals surface area contributed by atoms with Crippen LogP contribution in [0.25, 0.3) is 89.8 Å². The van der Waals surface area contributed by atoms with Crippen molar-refractivity contribution in [2.24, 2.45) is 0 Å². The summed E-state index contributed by atoms with van der Waals surface area (Å²) in [5.41, 5.74) is 35.5. The molecule has 1 saturated heterocycles. The maximum atomic E-state index is 12.4. The molecule has 0 atom stereocenters. The number of anilines is 6. The van der Waals surface area contributed by atoms with E-state index in [4.69, 9.17) is 61.0 Å². The fourth-order valence-corrected chi connectivity index (χ4v) is 18.5. The Morgan fingerprint density at radius 3 is 1.17 bits per heavy atom. The van der Waals surface area contributed by atoms with Crippen molar-refractivity contribution >= 4 is 57.9 Å². The largest absolute Gasteiger partial charge is 0.368 e. The first-order valence-corrected chi connectivity index (χ1v) is 46.7. The number of hydrogen-bond donors (Lipinski definition) is 7. The first-order valence-electron chi connectivity index (χ1n) is 45.8. The summed E-state index contributed by atoms with van der Waals surface area (Å²) in [6.07, 6.45) is 40.2. The number of nitrogens with one attached hydrogen (secondary N) is 3. The second kappa shape index (κ2) is 38.9. The molecule has 40 heteroatoms. The minimum absolute atomic E-state index is 0.0516. The molecule has 0 bridgehead atoms. The molecule has 22 rings (SSSR count). The minimum atomic E-state index is -0.299. The average Bonchev–Trinajstić information content (AvgIpc) is 1.72. The number of rotatable bonds is 26. The Morgan fingerprint density at radius 2 is 0.810 bits per heavy atom. The molecule has 700 valence electrons. The molecule has 5 aliphatic carbocycles. The number of piperazine rings is 1. The Hall–Kier alpha value is -15.5. The molecule has 16 aromatic rings. The number of hydrogen-bond acceptors (Lipinski definition) is 36. The number of nitrogens with two attached hydrogens (primary N) is 4. The summed E-state index contributed by atoms with van der Waals surface area (Å²) in [6.45, 7) is 11.7. The Balaban J connectivity index is 0.000000117. The molecule has 12 aromatic heterocycles. The second-order valence-electron chi connectivity index (χ2n) is 36.7. The van der Waals surface area contributed by atoms with Crippen LogP contribution in [0.3, 0.4) is 0 Å². The summed E-state index contributed by atoms with van der Waals surface area (Å²) in [6, 6.07) is 33.9. The topological polar surface area (TPSA) is 517 Å². The van der Waals surface area contributed by atoms with Crippen molar-refractivity contribution in [3.8, 4) is 89.8 Å². The Labute approximate surface area is 792 Å². The molecule has 4 aromatic carbocycles. The van der Waals surface area contributed by atoms with Gasteiger partial charge in [-0.05, 0) is 144 Å². The van der Waals surface area contributed by atoms with E-state index in [2.05, 4.69) is 208 Å². The molecule has 1 aliphatic heterocycles. The van der Waals surface area contributed by atoms with Crippen LogP contribution in [-0.4, -0.2) is 209 Å². The highest BCUT2D eigenvalue weighted by Gasteiger charge is 2.49. The summed E-state index contributed by atoms with van der Waals surface area (Å²) in [7, 11) is 5.91. The molecular weight excluding hydrogens is 1760 g/mol. The number of thiazole rings is 1. The van der Waals surface area contributed by atoms with Gasteiger partial charge in [-0.25, -0.2) is 54.8 Å². The van der Waals surface area contributed by atoms with Crippen LogP contribution >= 0.6 is 11.3 Å². The predicted molar refractivity (Wildman–Crippen MR) is 514 cm³/mol. The number of nitrogens with zero attached hydrogens (tertiary/aromatic N) is 26. The van der Waals surface area contributed by atoms with E-state index < -0.39 is 0 Å². The summed E-state index contributed by atoms with van der Waals surface area (Å²) < 4.78 is 25.7. The fraction of sp³-hybridized carbons (Fsp3) is 0.351. The van der Waals surface area contributed by atoms with Crippen molar-refractivity contribution in [1.29, 1.82) is 0 Å². The van der Waals surface area contributed by atoms with Gasteiger partial charge in [0, 0.05) is 142 Å². The lowest BCUT2D eigenvalue weighted by Gasteiger charge is -2.39. The van der Waals surface area contributed by atoms with Gasteiger partial charge in [0.05, 0.1) is 63.8 Å². The quantitative estimate of drug-likeness (QED) is 0.0265. The van der Waals surface area contributed by atoms with E-state index in [1.165, 1.54) is 5.56 Å². The van der Waals surface area contributed by atoms with Gasteiger partial charge in [0.25, 0.3) is 23.6 Å². The number of amides is 2. The van der Waals surface area contributed by atoms with Crippen LogP contribution in [0.15, 0.2) is 208 Å². The highest BCUT2D eigenvalue weighted by molar-refractivity contribution is 7.18. The average molecular weight is 1860 g/mol. The fourth-order valence-electron chi connectivity index (χ4n) is 17.6. The molecule has 5 saturated carbocycles. The zero-order valence-electron chi connectivity index (χ0n) is 76.8. The third-order valence-corrected chi connectivity index (χ3v) is 27.3. The first-order chi connectivity index (χ1) is 66.5. The standard InChI is InChI=1S/C25H26N8O2.C25H28N8O2.C24H27N9O.C23H24N8OS/c1-32(20-7-8-20)21(34)15-33-14-18(13-29-33)22-30-23(31-35-22)25(9-2-10-25)19-5-3-16(4-6-19)17-11-27-24(26)28-12-17;1-24(2,3)31-20(34)15-33-14-18(13-29-33)21-30-22(32-35-21)25(9-4-10-25)19-7-5-16(6-8-19)17-11-27-23(26)28-12-17;1-33(2)11-10-26-20-15-27-19(14-28-20)21-31-22(32-34-21)24(8-3-9-24)18-6-4-16(5-7-18)17-12-29-23(25)30-13-17;24-21-26-12-16(13-27-21)15-2-4-17(5-3-15)23(6-1-7-23)20-29-19(32-30-20)18-14-28-22(33-18)31-10-8-25-9-11-31/h3-6,11-14,20H,2,7-10,15H2,1H3,(H2,26,27,28);5-8,11-14H,4,9-10,15H2,1-3H3,(H,31,34)(H2,26,27,28);4-7,12-15H,3,8-11H2,1-2H3,(H,26,28)(H2,25,29,30);2-5,12-14,25H,1,6-11H2,(H2,24,26,27). The van der Waals surface area contributed by atoms with Crippen LogP contribution in [0, 0.1) is 0 Å². The molecule has 0 unspecified atom stereocenters. The van der Waals surface area contributed by atoms with E-state index in [9.17, 15) is 9.59 Å². The van der Waals surface area contributed by atoms with Crippen LogP contribution in [0.4, 0.5) is 34.7 Å². The number of carbonyl (C=O) groups excluding carboxylic acids is 2. The maximum Gasteiger partial charge on any atom is 0.278 e. The Morgan fingerprint density at radius 1 is 0.438 bits per heavy atom. The van der Waals surface area contributed by atoms with Crippen LogP contribution < -0.4 is 43.8 Å². The highest BCUT2D eigenvalue weighted by Crippen LogP contribution is 2.53. The van der Waals surface area contributed by atoms with E-state index >= 15 is 0 Å². The van der Waals surface area contributed by atoms with Gasteiger partial charge in [0.1, 0.15) is 29.5 Å². The van der Waals surface area contributed by atoms with Crippen LogP contribution in [-0.2, 0) is 44.3 Å². The molecule has 39 nitrogen and oxygen atoms in total. The predicted octanol–water partition coefficient (Wildman–Crippen LogP) is 12.5. The molecule has 6 aliphatic rings. The summed E-state index contributed by atoms with van der Waals surface area (Å²) in [5.74, 6) is 6.23. The number of nitrogen functional groups attached to an aromatic ring is 4. The smallest absolute Gasteiger partial charge is 0.278 e. The monoisotopic (exact) mass is 1860 g/mol. The molecule has 6 fully saturated rings. The SMILES string of the molecule is CC(C)(C)NC(=O)Cn1cc(-c2nc(C3(c4ccc(-c5cnc(N)nc5)cc4)CCC3)no2)cn1.CN(C(=O)Cn1cc(-c2nc(C3(c4ccc(-c5cnc(N)nc5)cc4)CCC3)no2)cn1)C1CC1.CN(C)CCNc1cnc(-c2nc(C3(c4ccc(-c5cnc(N)nc5)cc4)CCC3)no2)cn1.Nc1ncc(-c2ccc(C3(c4noc(-c5cnc(N6CCNCC6)s5)n4)CCC3)cc2)cn1. The zero-order chi connectivity index (χ0) is 94.4. The molecule has 13 heterocycles. The molecule has 11 N–H and O–H groups in total. The number of carbonyl (C=O) groups is 2. The normalized spacial score (nSPS) is 15.9. The van der Waals surface area contributed by atoms with E-state index in [1.54, 1.807) is 112 Å². The molecular formula is C97H105N33O6S. The van der Waals surface area contributed by atoms with E-state index in [0.717, 1.165) is 206 Å². The molecule has 2 amide bonds. The van der Waals surface area contributed by atoms with Crippen LogP contribution in [0.2, 0.25) is 0 Å². The number of likely N-dealkylation sites (N-methyl/N-ethyl adjacent to an activating group) is 2. The Bertz CT molecular complexity index is 6790. The zero-order valence-corrected chi connectivity index (χ0v) is 77.6. The third kappa shape index (κ3) is 19.9. The maximum absolute atomic E-state index is 12.4. The highest BCUT2D eigenvalue weighted by atomic mass is 32.1. The van der Waals surface area contributed by atoms with Gasteiger partial charge >= 0.3 is 0 Å². The first kappa shape index (κ1) is 90.7. The van der Waals surface area contributed by atoms with E-state index in [1.807, 2.05) is 48.1 Å². The van der Waals surface area contributed by atoms with Gasteiger partial charge in [0.2, 0.25) is 35.6 Å².